The molecule has 0 saturated carbocycles. The molecular formula is C8H15ClN2O3. The molecule has 0 atom stereocenters. The molecule has 0 aromatic carbocycles. The van der Waals surface area contributed by atoms with E-state index in [0.717, 1.165) is 0 Å². The van der Waals surface area contributed by atoms with Gasteiger partial charge in [-0.1, -0.05) is 0 Å². The van der Waals surface area contributed by atoms with Gasteiger partial charge in [0.15, 0.2) is 0 Å². The van der Waals surface area contributed by atoms with E-state index in [1.165, 1.54) is 4.90 Å². The van der Waals surface area contributed by atoms with Gasteiger partial charge in [-0.15, -0.1) is 12.4 Å². The van der Waals surface area contributed by atoms with E-state index in [-0.39, 0.29) is 24.2 Å². The number of hydrogen-bond donors (Lipinski definition) is 1. The van der Waals surface area contributed by atoms with E-state index in [4.69, 9.17) is 10.5 Å². The molecule has 1 rings (SSSR count). The maximum absolute atomic E-state index is 11.1. The molecule has 82 valence electrons. The first-order chi connectivity index (χ1) is 6.25. The number of halogens is 1. The van der Waals surface area contributed by atoms with Gasteiger partial charge in [0.2, 0.25) is 11.8 Å². The second kappa shape index (κ2) is 6.75. The number of rotatable bonds is 5. The van der Waals surface area contributed by atoms with Crippen molar-refractivity contribution in [1.82, 2.24) is 4.90 Å². The molecule has 1 saturated heterocycles. The van der Waals surface area contributed by atoms with E-state index in [1.54, 1.807) is 0 Å². The summed E-state index contributed by atoms with van der Waals surface area (Å²) in [5.74, 6) is -0.192. The molecule has 0 spiro atoms. The summed E-state index contributed by atoms with van der Waals surface area (Å²) in [7, 11) is 0. The largest absolute Gasteiger partial charge is 0.378 e. The molecule has 1 fully saturated rings. The van der Waals surface area contributed by atoms with Gasteiger partial charge in [-0.2, -0.15) is 0 Å². The lowest BCUT2D eigenvalue weighted by Gasteiger charge is -2.12. The zero-order valence-electron chi connectivity index (χ0n) is 7.90. The fourth-order valence-corrected chi connectivity index (χ4v) is 1.21. The van der Waals surface area contributed by atoms with Gasteiger partial charge in [0.1, 0.15) is 0 Å². The molecular weight excluding hydrogens is 208 g/mol. The van der Waals surface area contributed by atoms with Gasteiger partial charge in [-0.05, 0) is 0 Å². The van der Waals surface area contributed by atoms with Gasteiger partial charge < -0.3 is 10.5 Å². The Morgan fingerprint density at radius 2 is 1.79 bits per heavy atom. The van der Waals surface area contributed by atoms with Crippen LogP contribution in [0.4, 0.5) is 0 Å². The van der Waals surface area contributed by atoms with E-state index in [1.807, 2.05) is 0 Å². The molecule has 2 N–H and O–H groups in total. The summed E-state index contributed by atoms with van der Waals surface area (Å²) in [6, 6.07) is 0. The summed E-state index contributed by atoms with van der Waals surface area (Å²) in [5.41, 5.74) is 5.20. The maximum atomic E-state index is 11.1. The molecule has 0 unspecified atom stereocenters. The van der Waals surface area contributed by atoms with Crippen LogP contribution in [-0.2, 0) is 14.3 Å². The van der Waals surface area contributed by atoms with E-state index < -0.39 is 0 Å². The van der Waals surface area contributed by atoms with Gasteiger partial charge >= 0.3 is 0 Å². The van der Waals surface area contributed by atoms with Gasteiger partial charge in [0, 0.05) is 19.4 Å². The first-order valence-electron chi connectivity index (χ1n) is 4.36. The summed E-state index contributed by atoms with van der Waals surface area (Å²) in [6.45, 7) is 1.67. The van der Waals surface area contributed by atoms with E-state index in [0.29, 0.717) is 39.1 Å². The van der Waals surface area contributed by atoms with Crippen LogP contribution in [0, 0.1) is 0 Å². The normalized spacial score (nSPS) is 15.9. The Morgan fingerprint density at radius 3 is 2.29 bits per heavy atom. The zero-order chi connectivity index (χ0) is 9.68. The summed E-state index contributed by atoms with van der Waals surface area (Å²) in [6.07, 6.45) is 0.686. The lowest BCUT2D eigenvalue weighted by atomic mass is 10.4. The maximum Gasteiger partial charge on any atom is 0.229 e. The summed E-state index contributed by atoms with van der Waals surface area (Å²) >= 11 is 0. The van der Waals surface area contributed by atoms with Crippen LogP contribution >= 0.6 is 12.4 Å². The van der Waals surface area contributed by atoms with Crippen LogP contribution in [0.1, 0.15) is 12.8 Å². The van der Waals surface area contributed by atoms with Crippen molar-refractivity contribution in [2.75, 3.05) is 26.3 Å². The van der Waals surface area contributed by atoms with Crippen LogP contribution < -0.4 is 5.73 Å². The topological polar surface area (TPSA) is 72.6 Å². The van der Waals surface area contributed by atoms with Crippen molar-refractivity contribution in [2.45, 2.75) is 12.8 Å². The molecule has 2 amide bonds. The molecule has 1 heterocycles. The number of likely N-dealkylation sites (tertiary alicyclic amines) is 1. The number of nitrogens with two attached hydrogens (primary N) is 1. The van der Waals surface area contributed by atoms with Crippen molar-refractivity contribution in [3.63, 3.8) is 0 Å². The highest BCUT2D eigenvalue weighted by atomic mass is 35.5. The van der Waals surface area contributed by atoms with Crippen molar-refractivity contribution >= 4 is 24.2 Å². The average molecular weight is 223 g/mol. The number of nitrogens with zero attached hydrogens (tertiary/aromatic N) is 1. The molecule has 1 aliphatic heterocycles. The fourth-order valence-electron chi connectivity index (χ4n) is 1.21. The summed E-state index contributed by atoms with van der Waals surface area (Å²) < 4.78 is 5.07. The third kappa shape index (κ3) is 3.61. The molecule has 14 heavy (non-hydrogen) atoms. The molecule has 6 heteroatoms. The standard InChI is InChI=1S/C8H14N2O3.ClH/c9-3-5-13-6-4-10-7(11)1-2-8(10)12;/h1-6,9H2;1H. The Morgan fingerprint density at radius 1 is 1.21 bits per heavy atom. The summed E-state index contributed by atoms with van der Waals surface area (Å²) in [4.78, 5) is 23.4. The number of amides is 2. The predicted molar refractivity (Wildman–Crippen MR) is 53.1 cm³/mol. The highest BCUT2D eigenvalue weighted by Gasteiger charge is 2.27. The highest BCUT2D eigenvalue weighted by molar-refractivity contribution is 6.01. The molecule has 0 aliphatic carbocycles. The third-order valence-corrected chi connectivity index (χ3v) is 1.88. The van der Waals surface area contributed by atoms with Crippen molar-refractivity contribution in [2.24, 2.45) is 5.73 Å². The van der Waals surface area contributed by atoms with Crippen LogP contribution in [0.3, 0.4) is 0 Å². The van der Waals surface area contributed by atoms with Gasteiger partial charge in [0.05, 0.1) is 19.8 Å². The monoisotopic (exact) mass is 222 g/mol. The second-order valence-corrected chi connectivity index (χ2v) is 2.84. The zero-order valence-corrected chi connectivity index (χ0v) is 8.72. The number of hydrogen-bond acceptors (Lipinski definition) is 4. The quantitative estimate of drug-likeness (QED) is 0.504. The van der Waals surface area contributed by atoms with Crippen LogP contribution in [0.2, 0.25) is 0 Å². The Hall–Kier alpha value is -0.650. The average Bonchev–Trinajstić information content (AvgIpc) is 2.42. The first kappa shape index (κ1) is 13.4. The number of carbonyl (C=O) groups excluding carboxylic acids is 2. The molecule has 0 radical (unpaired) electrons. The third-order valence-electron chi connectivity index (χ3n) is 1.88. The summed E-state index contributed by atoms with van der Waals surface area (Å²) in [5, 5.41) is 0. The van der Waals surface area contributed by atoms with Gasteiger partial charge in [-0.3, -0.25) is 14.5 Å². The van der Waals surface area contributed by atoms with Gasteiger partial charge in [-0.25, -0.2) is 0 Å². The minimum Gasteiger partial charge on any atom is -0.378 e. The number of carbonyl (C=O) groups is 2. The Bertz CT molecular complexity index is 195. The van der Waals surface area contributed by atoms with Crippen molar-refractivity contribution in [1.29, 1.82) is 0 Å². The van der Waals surface area contributed by atoms with E-state index >= 15 is 0 Å². The minimum absolute atomic E-state index is 0. The SMILES string of the molecule is Cl.NCCOCCN1C(=O)CCC1=O. The molecule has 0 aromatic heterocycles. The van der Waals surface area contributed by atoms with Crippen LogP contribution in [0.25, 0.3) is 0 Å². The molecule has 0 aromatic rings. The van der Waals surface area contributed by atoms with Gasteiger partial charge in [0.25, 0.3) is 0 Å². The van der Waals surface area contributed by atoms with Crippen molar-refractivity contribution in [3.05, 3.63) is 0 Å². The van der Waals surface area contributed by atoms with Crippen molar-refractivity contribution in [3.8, 4) is 0 Å². The molecule has 0 bridgehead atoms. The van der Waals surface area contributed by atoms with Crippen LogP contribution in [0.15, 0.2) is 0 Å². The molecule has 1 aliphatic rings. The Balaban J connectivity index is 0.00000169. The molecule has 5 nitrogen and oxygen atoms in total. The first-order valence-corrected chi connectivity index (χ1v) is 4.36. The predicted octanol–water partition coefficient (Wildman–Crippen LogP) is -0.468. The fraction of sp³-hybridized carbons (Fsp3) is 0.750. The number of ether oxygens (including phenoxy) is 1. The van der Waals surface area contributed by atoms with Crippen LogP contribution in [0.5, 0.6) is 0 Å². The minimum atomic E-state index is -0.0960. The lowest BCUT2D eigenvalue weighted by molar-refractivity contribution is -0.139. The van der Waals surface area contributed by atoms with Crippen LogP contribution in [-0.4, -0.2) is 43.0 Å². The Labute approximate surface area is 89.0 Å². The number of imide groups is 1. The van der Waals surface area contributed by atoms with Crippen molar-refractivity contribution < 1.29 is 14.3 Å². The lowest BCUT2D eigenvalue weighted by Crippen LogP contribution is -2.32. The smallest absolute Gasteiger partial charge is 0.229 e. The highest BCUT2D eigenvalue weighted by Crippen LogP contribution is 2.10. The Kier molecular flexibility index (Phi) is 6.44. The second-order valence-electron chi connectivity index (χ2n) is 2.84. The van der Waals surface area contributed by atoms with E-state index in [9.17, 15) is 9.59 Å². The van der Waals surface area contributed by atoms with E-state index in [2.05, 4.69) is 0 Å².